The second kappa shape index (κ2) is 2.25. The van der Waals surface area contributed by atoms with Crippen LogP contribution in [0.3, 0.4) is 0 Å². The Balaban J connectivity index is 2.56. The van der Waals surface area contributed by atoms with Crippen molar-refractivity contribution in [2.45, 2.75) is 12.5 Å². The van der Waals surface area contributed by atoms with Gasteiger partial charge in [0.15, 0.2) is 5.75 Å². The lowest BCUT2D eigenvalue weighted by Crippen LogP contribution is -2.20. The van der Waals surface area contributed by atoms with Crippen LogP contribution in [-0.4, -0.2) is 6.11 Å². The van der Waals surface area contributed by atoms with Crippen LogP contribution in [0.2, 0.25) is 0 Å². The summed E-state index contributed by atoms with van der Waals surface area (Å²) in [6.07, 6.45) is -3.68. The maximum absolute atomic E-state index is 12.8. The Morgan fingerprint density at radius 1 is 1.23 bits per heavy atom. The van der Waals surface area contributed by atoms with Gasteiger partial charge in [0.2, 0.25) is 0 Å². The standard InChI is InChI=1S/C8H8F2N2O/c9-8(10)3-4-5(11)1-2-6(12)7(4)13-8/h1-2H,3,11-12H2. The van der Waals surface area contributed by atoms with Crippen molar-refractivity contribution in [2.24, 2.45) is 0 Å². The Bertz CT molecular complexity index is 332. The fourth-order valence-electron chi connectivity index (χ4n) is 1.36. The Morgan fingerprint density at radius 2 is 1.85 bits per heavy atom. The van der Waals surface area contributed by atoms with E-state index in [2.05, 4.69) is 4.74 Å². The second-order valence-electron chi connectivity index (χ2n) is 2.97. The third kappa shape index (κ3) is 1.16. The van der Waals surface area contributed by atoms with Crippen molar-refractivity contribution in [2.75, 3.05) is 11.5 Å². The fourth-order valence-corrected chi connectivity index (χ4v) is 1.36. The SMILES string of the molecule is Nc1ccc(N)c2c1CC(F)(F)O2. The summed E-state index contributed by atoms with van der Waals surface area (Å²) in [6, 6.07) is 2.95. The van der Waals surface area contributed by atoms with E-state index in [9.17, 15) is 8.78 Å². The number of anilines is 2. The number of hydrogen-bond donors (Lipinski definition) is 2. The molecule has 2 rings (SSSR count). The minimum Gasteiger partial charge on any atom is -0.430 e. The zero-order valence-electron chi connectivity index (χ0n) is 6.68. The molecule has 0 fully saturated rings. The summed E-state index contributed by atoms with van der Waals surface area (Å²) in [5.41, 5.74) is 11.7. The van der Waals surface area contributed by atoms with Gasteiger partial charge in [-0.1, -0.05) is 0 Å². The largest absolute Gasteiger partial charge is 0.430 e. The molecule has 13 heavy (non-hydrogen) atoms. The average molecular weight is 186 g/mol. The van der Waals surface area contributed by atoms with E-state index in [-0.39, 0.29) is 11.4 Å². The van der Waals surface area contributed by atoms with Gasteiger partial charge < -0.3 is 16.2 Å². The molecule has 0 radical (unpaired) electrons. The molecule has 0 atom stereocenters. The highest BCUT2D eigenvalue weighted by molar-refractivity contribution is 5.68. The normalized spacial score (nSPS) is 18.0. The average Bonchev–Trinajstić information content (AvgIpc) is 2.35. The van der Waals surface area contributed by atoms with Gasteiger partial charge in [0, 0.05) is 11.3 Å². The molecule has 0 saturated carbocycles. The molecule has 0 spiro atoms. The first kappa shape index (κ1) is 8.10. The molecule has 0 amide bonds. The smallest absolute Gasteiger partial charge is 0.402 e. The molecule has 1 aromatic rings. The summed E-state index contributed by atoms with van der Waals surface area (Å²) in [5.74, 6) is 0.0185. The van der Waals surface area contributed by atoms with Gasteiger partial charge >= 0.3 is 6.11 Å². The van der Waals surface area contributed by atoms with Gasteiger partial charge in [-0.2, -0.15) is 8.78 Å². The van der Waals surface area contributed by atoms with Crippen LogP contribution in [0.5, 0.6) is 5.75 Å². The van der Waals surface area contributed by atoms with E-state index in [4.69, 9.17) is 11.5 Å². The van der Waals surface area contributed by atoms with Crippen molar-refractivity contribution in [3.8, 4) is 5.75 Å². The molecule has 0 bridgehead atoms. The van der Waals surface area contributed by atoms with Crippen LogP contribution < -0.4 is 16.2 Å². The lowest BCUT2D eigenvalue weighted by atomic mass is 10.1. The van der Waals surface area contributed by atoms with Crippen LogP contribution in [0.4, 0.5) is 20.2 Å². The number of benzene rings is 1. The number of rotatable bonds is 0. The molecule has 0 unspecified atom stereocenters. The molecule has 5 heteroatoms. The van der Waals surface area contributed by atoms with Gasteiger partial charge in [-0.05, 0) is 12.1 Å². The van der Waals surface area contributed by atoms with E-state index in [1.165, 1.54) is 12.1 Å². The summed E-state index contributed by atoms with van der Waals surface area (Å²) in [6.45, 7) is 0. The summed E-state index contributed by atoms with van der Waals surface area (Å²) < 4.78 is 29.9. The highest BCUT2D eigenvalue weighted by Gasteiger charge is 2.41. The van der Waals surface area contributed by atoms with E-state index >= 15 is 0 Å². The Kier molecular flexibility index (Phi) is 1.40. The maximum Gasteiger partial charge on any atom is 0.402 e. The molecule has 0 aromatic heterocycles. The quantitative estimate of drug-likeness (QED) is 0.601. The molecule has 1 aliphatic rings. The van der Waals surface area contributed by atoms with E-state index in [0.29, 0.717) is 11.3 Å². The number of nitrogens with two attached hydrogens (primary N) is 2. The first-order chi connectivity index (χ1) is 5.99. The van der Waals surface area contributed by atoms with Crippen LogP contribution in [-0.2, 0) is 6.42 Å². The number of hydrogen-bond acceptors (Lipinski definition) is 3. The highest BCUT2D eigenvalue weighted by Crippen LogP contribution is 2.43. The Hall–Kier alpha value is -1.52. The highest BCUT2D eigenvalue weighted by atomic mass is 19.3. The molecule has 1 aromatic carbocycles. The summed E-state index contributed by atoms with van der Waals surface area (Å²) >= 11 is 0. The monoisotopic (exact) mass is 186 g/mol. The lowest BCUT2D eigenvalue weighted by molar-refractivity contribution is -0.158. The molecule has 1 heterocycles. The van der Waals surface area contributed by atoms with Gasteiger partial charge in [-0.25, -0.2) is 0 Å². The zero-order chi connectivity index (χ0) is 9.64. The Labute approximate surface area is 73.3 Å². The van der Waals surface area contributed by atoms with Crippen LogP contribution in [0.1, 0.15) is 5.56 Å². The second-order valence-corrected chi connectivity index (χ2v) is 2.97. The predicted molar refractivity (Wildman–Crippen MR) is 44.5 cm³/mol. The number of fused-ring (bicyclic) bond motifs is 1. The van der Waals surface area contributed by atoms with Crippen LogP contribution >= 0.6 is 0 Å². The lowest BCUT2D eigenvalue weighted by Gasteiger charge is -2.08. The molecule has 70 valence electrons. The first-order valence-electron chi connectivity index (χ1n) is 3.73. The van der Waals surface area contributed by atoms with Gasteiger partial charge in [-0.15, -0.1) is 0 Å². The minimum absolute atomic E-state index is 0.0185. The maximum atomic E-state index is 12.8. The predicted octanol–water partition coefficient (Wildman–Crippen LogP) is 1.38. The molecule has 0 aliphatic carbocycles. The van der Waals surface area contributed by atoms with Crippen molar-refractivity contribution >= 4 is 11.4 Å². The van der Waals surface area contributed by atoms with Crippen LogP contribution in [0, 0.1) is 0 Å². The number of halogens is 2. The molecule has 1 aliphatic heterocycles. The molecule has 4 N–H and O–H groups in total. The van der Waals surface area contributed by atoms with Gasteiger partial charge in [0.05, 0.1) is 12.1 Å². The van der Waals surface area contributed by atoms with E-state index in [1.54, 1.807) is 0 Å². The summed E-state index contributed by atoms with van der Waals surface area (Å²) in [7, 11) is 0. The van der Waals surface area contributed by atoms with Crippen molar-refractivity contribution in [3.05, 3.63) is 17.7 Å². The van der Waals surface area contributed by atoms with Crippen molar-refractivity contribution in [1.82, 2.24) is 0 Å². The van der Waals surface area contributed by atoms with Crippen LogP contribution in [0.15, 0.2) is 12.1 Å². The van der Waals surface area contributed by atoms with Crippen molar-refractivity contribution < 1.29 is 13.5 Å². The molecular formula is C8H8F2N2O. The number of alkyl halides is 2. The molecule has 3 nitrogen and oxygen atoms in total. The third-order valence-corrected chi connectivity index (χ3v) is 1.96. The topological polar surface area (TPSA) is 61.3 Å². The van der Waals surface area contributed by atoms with Gasteiger partial charge in [-0.3, -0.25) is 0 Å². The number of nitrogen functional groups attached to an aromatic ring is 2. The fraction of sp³-hybridized carbons (Fsp3) is 0.250. The van der Waals surface area contributed by atoms with E-state index in [0.717, 1.165) is 0 Å². The number of ether oxygens (including phenoxy) is 1. The zero-order valence-corrected chi connectivity index (χ0v) is 6.68. The molecular weight excluding hydrogens is 178 g/mol. The summed E-state index contributed by atoms with van der Waals surface area (Å²) in [4.78, 5) is 0. The summed E-state index contributed by atoms with van der Waals surface area (Å²) in [5, 5.41) is 0. The van der Waals surface area contributed by atoms with Crippen molar-refractivity contribution in [3.63, 3.8) is 0 Å². The van der Waals surface area contributed by atoms with Gasteiger partial charge in [0.1, 0.15) is 0 Å². The van der Waals surface area contributed by atoms with Crippen LogP contribution in [0.25, 0.3) is 0 Å². The minimum atomic E-state index is -3.17. The Morgan fingerprint density at radius 3 is 2.46 bits per heavy atom. The van der Waals surface area contributed by atoms with E-state index < -0.39 is 12.5 Å². The first-order valence-corrected chi connectivity index (χ1v) is 3.73. The third-order valence-electron chi connectivity index (χ3n) is 1.96. The molecule has 0 saturated heterocycles. The van der Waals surface area contributed by atoms with E-state index in [1.807, 2.05) is 0 Å². The van der Waals surface area contributed by atoms with Crippen molar-refractivity contribution in [1.29, 1.82) is 0 Å². The van der Waals surface area contributed by atoms with Gasteiger partial charge in [0.25, 0.3) is 0 Å².